The molecule has 0 saturated heterocycles. The van der Waals surface area contributed by atoms with Crippen molar-refractivity contribution in [3.63, 3.8) is 0 Å². The molecule has 0 aliphatic rings. The number of nitrogens with one attached hydrogen (secondary N) is 2. The van der Waals surface area contributed by atoms with Gasteiger partial charge in [0.15, 0.2) is 0 Å². The van der Waals surface area contributed by atoms with Gasteiger partial charge < -0.3 is 15.5 Å². The zero-order chi connectivity index (χ0) is 15.9. The molecule has 22 heavy (non-hydrogen) atoms. The standard InChI is InChI=1S/C18H23N3O/c1-4-14-5-9-16(10-6-14)20-18(22)19-13-15-7-11-17(12-8-15)21(2)3/h5-12H,4,13H2,1-3H3,(H2,19,20,22). The molecule has 4 heteroatoms. The van der Waals surface area contributed by atoms with Crippen molar-refractivity contribution in [1.82, 2.24) is 5.32 Å². The third-order valence-electron chi connectivity index (χ3n) is 3.53. The first-order chi connectivity index (χ1) is 10.6. The van der Waals surface area contributed by atoms with E-state index in [9.17, 15) is 4.79 Å². The number of hydrogen-bond acceptors (Lipinski definition) is 2. The second-order valence-electron chi connectivity index (χ2n) is 5.42. The maximum absolute atomic E-state index is 11.9. The van der Waals surface area contributed by atoms with Gasteiger partial charge in [-0.1, -0.05) is 31.2 Å². The lowest BCUT2D eigenvalue weighted by Gasteiger charge is -2.13. The van der Waals surface area contributed by atoms with E-state index in [0.29, 0.717) is 6.54 Å². The molecule has 0 heterocycles. The second kappa shape index (κ2) is 7.50. The van der Waals surface area contributed by atoms with Gasteiger partial charge in [-0.05, 0) is 41.8 Å². The Labute approximate surface area is 132 Å². The largest absolute Gasteiger partial charge is 0.378 e. The smallest absolute Gasteiger partial charge is 0.319 e. The lowest BCUT2D eigenvalue weighted by Crippen LogP contribution is -2.28. The summed E-state index contributed by atoms with van der Waals surface area (Å²) in [6.07, 6.45) is 0.995. The fourth-order valence-corrected chi connectivity index (χ4v) is 2.09. The summed E-state index contributed by atoms with van der Waals surface area (Å²) in [5.74, 6) is 0. The Hall–Kier alpha value is -2.49. The maximum atomic E-state index is 11.9. The average molecular weight is 297 g/mol. The van der Waals surface area contributed by atoms with E-state index >= 15 is 0 Å². The molecule has 4 nitrogen and oxygen atoms in total. The fourth-order valence-electron chi connectivity index (χ4n) is 2.09. The van der Waals surface area contributed by atoms with E-state index < -0.39 is 0 Å². The molecule has 2 rings (SSSR count). The monoisotopic (exact) mass is 297 g/mol. The number of anilines is 2. The van der Waals surface area contributed by atoms with Crippen molar-refractivity contribution in [3.05, 3.63) is 59.7 Å². The normalized spacial score (nSPS) is 10.1. The van der Waals surface area contributed by atoms with Crippen molar-refractivity contribution in [2.24, 2.45) is 0 Å². The van der Waals surface area contributed by atoms with E-state index in [1.165, 1.54) is 5.56 Å². The predicted molar refractivity (Wildman–Crippen MR) is 92.4 cm³/mol. The fraction of sp³-hybridized carbons (Fsp3) is 0.278. The Morgan fingerprint density at radius 3 is 2.09 bits per heavy atom. The third-order valence-corrected chi connectivity index (χ3v) is 3.53. The lowest BCUT2D eigenvalue weighted by atomic mass is 10.1. The van der Waals surface area contributed by atoms with Crippen molar-refractivity contribution in [1.29, 1.82) is 0 Å². The summed E-state index contributed by atoms with van der Waals surface area (Å²) in [5, 5.41) is 5.70. The Morgan fingerprint density at radius 1 is 0.955 bits per heavy atom. The molecule has 0 saturated carbocycles. The van der Waals surface area contributed by atoms with Crippen LogP contribution in [0.2, 0.25) is 0 Å². The Morgan fingerprint density at radius 2 is 1.55 bits per heavy atom. The molecular formula is C18H23N3O. The number of urea groups is 1. The molecule has 0 atom stereocenters. The third kappa shape index (κ3) is 4.52. The molecule has 0 aliphatic carbocycles. The minimum atomic E-state index is -0.194. The molecule has 0 aliphatic heterocycles. The van der Waals surface area contributed by atoms with Crippen molar-refractivity contribution in [3.8, 4) is 0 Å². The van der Waals surface area contributed by atoms with Crippen LogP contribution in [0.5, 0.6) is 0 Å². The van der Waals surface area contributed by atoms with Crippen molar-refractivity contribution < 1.29 is 4.79 Å². The van der Waals surface area contributed by atoms with Crippen LogP contribution in [0.3, 0.4) is 0 Å². The maximum Gasteiger partial charge on any atom is 0.319 e. The molecule has 0 fully saturated rings. The Bertz CT molecular complexity index is 603. The van der Waals surface area contributed by atoms with Gasteiger partial charge in [-0.2, -0.15) is 0 Å². The van der Waals surface area contributed by atoms with E-state index in [1.54, 1.807) is 0 Å². The van der Waals surface area contributed by atoms with Crippen LogP contribution in [0.1, 0.15) is 18.1 Å². The van der Waals surface area contributed by atoms with Crippen molar-refractivity contribution in [2.45, 2.75) is 19.9 Å². The lowest BCUT2D eigenvalue weighted by molar-refractivity contribution is 0.251. The molecule has 116 valence electrons. The van der Waals surface area contributed by atoms with Crippen LogP contribution in [0.25, 0.3) is 0 Å². The highest BCUT2D eigenvalue weighted by atomic mass is 16.2. The highest BCUT2D eigenvalue weighted by Crippen LogP contribution is 2.12. The van der Waals surface area contributed by atoms with Gasteiger partial charge in [-0.3, -0.25) is 0 Å². The first-order valence-electron chi connectivity index (χ1n) is 7.48. The predicted octanol–water partition coefficient (Wildman–Crippen LogP) is 3.64. The minimum Gasteiger partial charge on any atom is -0.378 e. The van der Waals surface area contributed by atoms with Gasteiger partial charge >= 0.3 is 6.03 Å². The van der Waals surface area contributed by atoms with Crippen LogP contribution < -0.4 is 15.5 Å². The van der Waals surface area contributed by atoms with Crippen LogP contribution in [0.15, 0.2) is 48.5 Å². The number of carbonyl (C=O) groups excluding carboxylic acids is 1. The topological polar surface area (TPSA) is 44.4 Å². The summed E-state index contributed by atoms with van der Waals surface area (Å²) in [4.78, 5) is 13.9. The van der Waals surface area contributed by atoms with Gasteiger partial charge in [0.05, 0.1) is 0 Å². The highest BCUT2D eigenvalue weighted by molar-refractivity contribution is 5.89. The highest BCUT2D eigenvalue weighted by Gasteiger charge is 2.02. The summed E-state index contributed by atoms with van der Waals surface area (Å²) >= 11 is 0. The van der Waals surface area contributed by atoms with Gasteiger partial charge in [-0.25, -0.2) is 4.79 Å². The first-order valence-corrected chi connectivity index (χ1v) is 7.48. The molecule has 0 radical (unpaired) electrons. The summed E-state index contributed by atoms with van der Waals surface area (Å²) in [6.45, 7) is 2.61. The molecule has 0 bridgehead atoms. The van der Waals surface area contributed by atoms with Crippen molar-refractivity contribution in [2.75, 3.05) is 24.3 Å². The molecule has 2 amide bonds. The molecular weight excluding hydrogens is 274 g/mol. The quantitative estimate of drug-likeness (QED) is 0.885. The molecule has 2 aromatic carbocycles. The summed E-state index contributed by atoms with van der Waals surface area (Å²) in [5.41, 5.74) is 4.27. The van der Waals surface area contributed by atoms with Crippen molar-refractivity contribution >= 4 is 17.4 Å². The molecule has 0 spiro atoms. The van der Waals surface area contributed by atoms with E-state index in [1.807, 2.05) is 67.5 Å². The number of nitrogens with zero attached hydrogens (tertiary/aromatic N) is 1. The Kier molecular flexibility index (Phi) is 5.42. The molecule has 0 aromatic heterocycles. The van der Waals surface area contributed by atoms with Crippen LogP contribution in [0.4, 0.5) is 16.2 Å². The van der Waals surface area contributed by atoms with Gasteiger partial charge in [-0.15, -0.1) is 0 Å². The zero-order valence-electron chi connectivity index (χ0n) is 13.4. The van der Waals surface area contributed by atoms with E-state index in [0.717, 1.165) is 23.4 Å². The molecule has 0 unspecified atom stereocenters. The van der Waals surface area contributed by atoms with Crippen LogP contribution in [0, 0.1) is 0 Å². The van der Waals surface area contributed by atoms with Gasteiger partial charge in [0, 0.05) is 32.0 Å². The number of benzene rings is 2. The zero-order valence-corrected chi connectivity index (χ0v) is 13.4. The van der Waals surface area contributed by atoms with E-state index in [2.05, 4.69) is 17.6 Å². The second-order valence-corrected chi connectivity index (χ2v) is 5.42. The average Bonchev–Trinajstić information content (AvgIpc) is 2.54. The number of aryl methyl sites for hydroxylation is 1. The first kappa shape index (κ1) is 15.9. The van der Waals surface area contributed by atoms with Crippen LogP contribution >= 0.6 is 0 Å². The number of amides is 2. The van der Waals surface area contributed by atoms with E-state index in [-0.39, 0.29) is 6.03 Å². The van der Waals surface area contributed by atoms with Gasteiger partial charge in [0.25, 0.3) is 0 Å². The van der Waals surface area contributed by atoms with Crippen LogP contribution in [-0.4, -0.2) is 20.1 Å². The number of hydrogen-bond donors (Lipinski definition) is 2. The number of rotatable bonds is 5. The molecule has 2 N–H and O–H groups in total. The molecule has 2 aromatic rings. The van der Waals surface area contributed by atoms with Crippen LogP contribution in [-0.2, 0) is 13.0 Å². The minimum absolute atomic E-state index is 0.194. The summed E-state index contributed by atoms with van der Waals surface area (Å²) in [6, 6.07) is 15.8. The van der Waals surface area contributed by atoms with Gasteiger partial charge in [0.1, 0.15) is 0 Å². The van der Waals surface area contributed by atoms with E-state index in [4.69, 9.17) is 0 Å². The van der Waals surface area contributed by atoms with Gasteiger partial charge in [0.2, 0.25) is 0 Å². The number of carbonyl (C=O) groups is 1. The Balaban J connectivity index is 1.84. The summed E-state index contributed by atoms with van der Waals surface area (Å²) < 4.78 is 0. The summed E-state index contributed by atoms with van der Waals surface area (Å²) in [7, 11) is 4.01. The SMILES string of the molecule is CCc1ccc(NC(=O)NCc2ccc(N(C)C)cc2)cc1.